The molecule has 0 radical (unpaired) electrons. The minimum absolute atomic E-state index is 0.140. The van der Waals surface area contributed by atoms with Crippen LogP contribution in [0.4, 0.5) is 10.1 Å². The first-order valence-electron chi connectivity index (χ1n) is 5.26. The Labute approximate surface area is 100.0 Å². The lowest BCUT2D eigenvalue weighted by atomic mass is 9.92. The Morgan fingerprint density at radius 2 is 2.18 bits per heavy atom. The lowest BCUT2D eigenvalue weighted by molar-refractivity contribution is -0.123. The highest BCUT2D eigenvalue weighted by molar-refractivity contribution is 5.95. The number of amides is 1. The zero-order valence-electron chi connectivity index (χ0n) is 10.2. The van der Waals surface area contributed by atoms with Gasteiger partial charge in [-0.25, -0.2) is 4.39 Å². The van der Waals surface area contributed by atoms with E-state index in [0.29, 0.717) is 5.69 Å². The first kappa shape index (κ1) is 13.4. The van der Waals surface area contributed by atoms with E-state index in [-0.39, 0.29) is 18.2 Å². The minimum Gasteiger partial charge on any atom is -0.494 e. The molecule has 0 aromatic heterocycles. The Morgan fingerprint density at radius 1 is 1.53 bits per heavy atom. The van der Waals surface area contributed by atoms with Gasteiger partial charge in [0.1, 0.15) is 0 Å². The summed E-state index contributed by atoms with van der Waals surface area (Å²) in [7, 11) is 1.38. The molecular weight excluding hydrogens is 223 g/mol. The smallest absolute Gasteiger partial charge is 0.231 e. The van der Waals surface area contributed by atoms with Gasteiger partial charge in [-0.05, 0) is 26.0 Å². The predicted octanol–water partition coefficient (Wildman–Crippen LogP) is 1.76. The number of nitrogens with one attached hydrogen (secondary N) is 1. The SMILES string of the molecule is COc1ccc(NC(=O)C(C)(C)CN)cc1F. The average molecular weight is 240 g/mol. The maximum Gasteiger partial charge on any atom is 0.231 e. The first-order valence-corrected chi connectivity index (χ1v) is 5.26. The zero-order valence-corrected chi connectivity index (χ0v) is 10.2. The van der Waals surface area contributed by atoms with Crippen molar-refractivity contribution in [2.24, 2.45) is 11.1 Å². The molecule has 5 heteroatoms. The van der Waals surface area contributed by atoms with Crippen LogP contribution in [0.1, 0.15) is 13.8 Å². The summed E-state index contributed by atoms with van der Waals surface area (Å²) < 4.78 is 18.2. The highest BCUT2D eigenvalue weighted by atomic mass is 19.1. The summed E-state index contributed by atoms with van der Waals surface area (Å²) in [5, 5.41) is 2.61. The quantitative estimate of drug-likeness (QED) is 0.842. The van der Waals surface area contributed by atoms with Crippen LogP contribution >= 0.6 is 0 Å². The molecule has 0 atom stereocenters. The number of methoxy groups -OCH3 is 1. The van der Waals surface area contributed by atoms with Gasteiger partial charge in [0, 0.05) is 18.3 Å². The number of halogens is 1. The van der Waals surface area contributed by atoms with Crippen LogP contribution in [0.5, 0.6) is 5.75 Å². The van der Waals surface area contributed by atoms with E-state index in [4.69, 9.17) is 10.5 Å². The molecule has 1 aromatic carbocycles. The number of anilines is 1. The van der Waals surface area contributed by atoms with E-state index in [1.54, 1.807) is 19.9 Å². The lowest BCUT2D eigenvalue weighted by Gasteiger charge is -2.21. The van der Waals surface area contributed by atoms with E-state index in [9.17, 15) is 9.18 Å². The Bertz CT molecular complexity index is 419. The standard InChI is InChI=1S/C12H17FN2O2/c1-12(2,7-14)11(16)15-8-4-5-10(17-3)9(13)6-8/h4-6H,7,14H2,1-3H3,(H,15,16). The van der Waals surface area contributed by atoms with E-state index in [2.05, 4.69) is 5.32 Å². The van der Waals surface area contributed by atoms with Gasteiger partial charge in [-0.15, -0.1) is 0 Å². The molecule has 0 bridgehead atoms. The number of ether oxygens (including phenoxy) is 1. The maximum atomic E-state index is 13.4. The molecular formula is C12H17FN2O2. The summed E-state index contributed by atoms with van der Waals surface area (Å²) in [5.41, 5.74) is 5.18. The van der Waals surface area contributed by atoms with Crippen LogP contribution in [-0.4, -0.2) is 19.6 Å². The molecule has 0 heterocycles. The maximum absolute atomic E-state index is 13.4. The topological polar surface area (TPSA) is 64.3 Å². The van der Waals surface area contributed by atoms with Crippen LogP contribution in [0.15, 0.2) is 18.2 Å². The predicted molar refractivity (Wildman–Crippen MR) is 64.4 cm³/mol. The van der Waals surface area contributed by atoms with E-state index >= 15 is 0 Å². The number of carbonyl (C=O) groups is 1. The fourth-order valence-electron chi connectivity index (χ4n) is 1.14. The van der Waals surface area contributed by atoms with Crippen molar-refractivity contribution in [3.63, 3.8) is 0 Å². The fraction of sp³-hybridized carbons (Fsp3) is 0.417. The second-order valence-electron chi connectivity index (χ2n) is 4.39. The van der Waals surface area contributed by atoms with Gasteiger partial charge in [-0.2, -0.15) is 0 Å². The Hall–Kier alpha value is -1.62. The third-order valence-corrected chi connectivity index (χ3v) is 2.53. The van der Waals surface area contributed by atoms with Crippen molar-refractivity contribution in [3.05, 3.63) is 24.0 Å². The zero-order chi connectivity index (χ0) is 13.1. The van der Waals surface area contributed by atoms with E-state index in [0.717, 1.165) is 0 Å². The molecule has 94 valence electrons. The molecule has 0 unspecified atom stereocenters. The molecule has 0 fully saturated rings. The molecule has 0 aliphatic rings. The van der Waals surface area contributed by atoms with Crippen molar-refractivity contribution in [3.8, 4) is 5.75 Å². The Kier molecular flexibility index (Phi) is 4.07. The van der Waals surface area contributed by atoms with Gasteiger partial charge in [0.15, 0.2) is 11.6 Å². The van der Waals surface area contributed by atoms with Gasteiger partial charge < -0.3 is 15.8 Å². The third kappa shape index (κ3) is 3.17. The summed E-state index contributed by atoms with van der Waals surface area (Å²) in [4.78, 5) is 11.8. The van der Waals surface area contributed by atoms with Gasteiger partial charge in [0.05, 0.1) is 12.5 Å². The highest BCUT2D eigenvalue weighted by Crippen LogP contribution is 2.22. The summed E-state index contributed by atoms with van der Waals surface area (Å²) >= 11 is 0. The minimum atomic E-state index is -0.684. The fourth-order valence-corrected chi connectivity index (χ4v) is 1.14. The molecule has 17 heavy (non-hydrogen) atoms. The summed E-state index contributed by atoms with van der Waals surface area (Å²) in [6.45, 7) is 3.67. The molecule has 1 amide bonds. The number of hydrogen-bond donors (Lipinski definition) is 2. The van der Waals surface area contributed by atoms with Crippen molar-refractivity contribution in [2.45, 2.75) is 13.8 Å². The van der Waals surface area contributed by atoms with Crippen molar-refractivity contribution in [1.82, 2.24) is 0 Å². The molecule has 1 aromatic rings. The van der Waals surface area contributed by atoms with Crippen molar-refractivity contribution in [1.29, 1.82) is 0 Å². The van der Waals surface area contributed by atoms with Gasteiger partial charge in [-0.3, -0.25) is 4.79 Å². The first-order chi connectivity index (χ1) is 7.90. The number of carbonyl (C=O) groups excluding carboxylic acids is 1. The van der Waals surface area contributed by atoms with E-state index in [1.165, 1.54) is 19.2 Å². The van der Waals surface area contributed by atoms with Gasteiger partial charge in [0.25, 0.3) is 0 Å². The van der Waals surface area contributed by atoms with Gasteiger partial charge >= 0.3 is 0 Å². The summed E-state index contributed by atoms with van der Waals surface area (Å²) in [6, 6.07) is 4.25. The van der Waals surface area contributed by atoms with Crippen LogP contribution < -0.4 is 15.8 Å². The molecule has 0 aliphatic carbocycles. The monoisotopic (exact) mass is 240 g/mol. The summed E-state index contributed by atoms with van der Waals surface area (Å²) in [5.74, 6) is -0.624. The normalized spacial score (nSPS) is 11.1. The number of benzene rings is 1. The van der Waals surface area contributed by atoms with Crippen LogP contribution in [0.2, 0.25) is 0 Å². The highest BCUT2D eigenvalue weighted by Gasteiger charge is 2.25. The Balaban J connectivity index is 2.83. The van der Waals surface area contributed by atoms with Crippen LogP contribution in [-0.2, 0) is 4.79 Å². The van der Waals surface area contributed by atoms with Crippen molar-refractivity contribution < 1.29 is 13.9 Å². The van der Waals surface area contributed by atoms with Crippen molar-refractivity contribution in [2.75, 3.05) is 19.0 Å². The van der Waals surface area contributed by atoms with Crippen LogP contribution in [0.3, 0.4) is 0 Å². The number of nitrogens with two attached hydrogens (primary N) is 1. The van der Waals surface area contributed by atoms with Crippen molar-refractivity contribution >= 4 is 11.6 Å². The number of rotatable bonds is 4. The summed E-state index contributed by atoms with van der Waals surface area (Å²) in [6.07, 6.45) is 0. The molecule has 1 rings (SSSR count). The molecule has 4 nitrogen and oxygen atoms in total. The van der Waals surface area contributed by atoms with Gasteiger partial charge in [-0.1, -0.05) is 0 Å². The Morgan fingerprint density at radius 3 is 2.65 bits per heavy atom. The second kappa shape index (κ2) is 5.14. The van der Waals surface area contributed by atoms with Gasteiger partial charge in [0.2, 0.25) is 5.91 Å². The number of hydrogen-bond acceptors (Lipinski definition) is 3. The largest absolute Gasteiger partial charge is 0.494 e. The van der Waals surface area contributed by atoms with Crippen LogP contribution in [0.25, 0.3) is 0 Å². The van der Waals surface area contributed by atoms with E-state index in [1.807, 2.05) is 0 Å². The van der Waals surface area contributed by atoms with Crippen LogP contribution in [0, 0.1) is 11.2 Å². The third-order valence-electron chi connectivity index (χ3n) is 2.53. The molecule has 0 saturated carbocycles. The molecule has 0 spiro atoms. The molecule has 3 N–H and O–H groups in total. The van der Waals surface area contributed by atoms with E-state index < -0.39 is 11.2 Å². The molecule has 0 aliphatic heterocycles. The second-order valence-corrected chi connectivity index (χ2v) is 4.39. The average Bonchev–Trinajstić information content (AvgIpc) is 2.29. The lowest BCUT2D eigenvalue weighted by Crippen LogP contribution is -2.37. The molecule has 0 saturated heterocycles.